The van der Waals surface area contributed by atoms with Gasteiger partial charge in [-0.05, 0) is 96.3 Å². The van der Waals surface area contributed by atoms with Crippen LogP contribution in [0.3, 0.4) is 0 Å². The van der Waals surface area contributed by atoms with E-state index in [1.807, 2.05) is 0 Å². The first-order chi connectivity index (χ1) is 33.0. The van der Waals surface area contributed by atoms with E-state index in [4.69, 9.17) is 14.2 Å². The summed E-state index contributed by atoms with van der Waals surface area (Å²) in [5.41, 5.74) is 0. The summed E-state index contributed by atoms with van der Waals surface area (Å²) < 4.78 is 16.8. The highest BCUT2D eigenvalue weighted by Gasteiger charge is 2.19. The van der Waals surface area contributed by atoms with E-state index >= 15 is 0 Å². The van der Waals surface area contributed by atoms with Gasteiger partial charge < -0.3 is 14.2 Å². The maximum absolute atomic E-state index is 12.8. The summed E-state index contributed by atoms with van der Waals surface area (Å²) in [5, 5.41) is 0. The van der Waals surface area contributed by atoms with Crippen LogP contribution in [0.2, 0.25) is 0 Å². The molecule has 0 spiro atoms. The van der Waals surface area contributed by atoms with Crippen molar-refractivity contribution >= 4 is 17.9 Å². The predicted molar refractivity (Wildman–Crippen MR) is 288 cm³/mol. The van der Waals surface area contributed by atoms with E-state index in [0.717, 1.165) is 116 Å². The number of unbranched alkanes of at least 4 members (excludes halogenated alkanes) is 19. The number of esters is 3. The van der Waals surface area contributed by atoms with Gasteiger partial charge in [0.2, 0.25) is 0 Å². The second kappa shape index (κ2) is 54.7. The summed E-state index contributed by atoms with van der Waals surface area (Å²) in [4.78, 5) is 38.1. The fraction of sp³-hybridized carbons (Fsp3) is 0.656. The Balaban J connectivity index is 4.50. The summed E-state index contributed by atoms with van der Waals surface area (Å²) in [7, 11) is 0. The first-order valence-electron chi connectivity index (χ1n) is 27.4. The molecule has 0 aliphatic heterocycles. The molecule has 0 aliphatic rings. The van der Waals surface area contributed by atoms with Crippen LogP contribution in [0.1, 0.15) is 239 Å². The third-order valence-electron chi connectivity index (χ3n) is 11.3. The average molecular weight is 929 g/mol. The molecule has 0 fully saturated rings. The molecule has 0 amide bonds. The zero-order valence-corrected chi connectivity index (χ0v) is 43.4. The molecule has 380 valence electrons. The molecule has 1 atom stereocenters. The molecule has 0 aromatic carbocycles. The lowest BCUT2D eigenvalue weighted by molar-refractivity contribution is -0.167. The zero-order chi connectivity index (χ0) is 48.6. The number of carbonyl (C=O) groups excluding carboxylic acids is 3. The van der Waals surface area contributed by atoms with Gasteiger partial charge in [-0.3, -0.25) is 14.4 Å². The molecule has 0 aliphatic carbocycles. The van der Waals surface area contributed by atoms with Gasteiger partial charge >= 0.3 is 17.9 Å². The fourth-order valence-electron chi connectivity index (χ4n) is 7.23. The Morgan fingerprint density at radius 1 is 0.313 bits per heavy atom. The van der Waals surface area contributed by atoms with Gasteiger partial charge in [-0.1, -0.05) is 233 Å². The van der Waals surface area contributed by atoms with Crippen molar-refractivity contribution in [3.8, 4) is 0 Å². The van der Waals surface area contributed by atoms with Gasteiger partial charge in [-0.25, -0.2) is 0 Å². The monoisotopic (exact) mass is 929 g/mol. The van der Waals surface area contributed by atoms with Crippen LogP contribution in [0.15, 0.2) is 109 Å². The van der Waals surface area contributed by atoms with E-state index in [1.165, 1.54) is 77.0 Å². The largest absolute Gasteiger partial charge is 0.462 e. The normalized spacial score (nSPS) is 12.9. The zero-order valence-electron chi connectivity index (χ0n) is 43.4. The van der Waals surface area contributed by atoms with Gasteiger partial charge in [0.25, 0.3) is 0 Å². The van der Waals surface area contributed by atoms with Gasteiger partial charge in [0.05, 0.1) is 0 Å². The molecule has 67 heavy (non-hydrogen) atoms. The third kappa shape index (κ3) is 52.9. The molecule has 0 aromatic heterocycles. The maximum Gasteiger partial charge on any atom is 0.306 e. The smallest absolute Gasteiger partial charge is 0.306 e. The Morgan fingerprint density at radius 3 is 0.955 bits per heavy atom. The Kier molecular flexibility index (Phi) is 51.5. The lowest BCUT2D eigenvalue weighted by atomic mass is 10.0. The first kappa shape index (κ1) is 63.1. The molecule has 0 radical (unpaired) electrons. The molecule has 0 N–H and O–H groups in total. The highest BCUT2D eigenvalue weighted by Crippen LogP contribution is 2.14. The van der Waals surface area contributed by atoms with Crippen molar-refractivity contribution in [1.29, 1.82) is 0 Å². The Morgan fingerprint density at radius 2 is 0.597 bits per heavy atom. The second-order valence-corrected chi connectivity index (χ2v) is 17.7. The lowest BCUT2D eigenvalue weighted by Gasteiger charge is -2.18. The van der Waals surface area contributed by atoms with Crippen LogP contribution in [0.4, 0.5) is 0 Å². The lowest BCUT2D eigenvalue weighted by Crippen LogP contribution is -2.30. The molecule has 0 aromatic rings. The van der Waals surface area contributed by atoms with Crippen molar-refractivity contribution in [2.45, 2.75) is 245 Å². The number of rotatable bonds is 48. The molecule has 0 rings (SSSR count). The van der Waals surface area contributed by atoms with Crippen molar-refractivity contribution in [2.75, 3.05) is 13.2 Å². The van der Waals surface area contributed by atoms with Crippen molar-refractivity contribution in [2.24, 2.45) is 0 Å². The van der Waals surface area contributed by atoms with E-state index in [-0.39, 0.29) is 37.5 Å². The van der Waals surface area contributed by atoms with Crippen LogP contribution in [0.5, 0.6) is 0 Å². The number of carbonyl (C=O) groups is 3. The Hall–Kier alpha value is -3.93. The minimum atomic E-state index is -0.814. The Bertz CT molecular complexity index is 1390. The van der Waals surface area contributed by atoms with E-state index in [0.29, 0.717) is 19.3 Å². The van der Waals surface area contributed by atoms with Crippen LogP contribution in [-0.4, -0.2) is 37.2 Å². The average Bonchev–Trinajstić information content (AvgIpc) is 3.33. The number of hydrogen-bond acceptors (Lipinski definition) is 6. The van der Waals surface area contributed by atoms with Gasteiger partial charge in [0.15, 0.2) is 6.10 Å². The quantitative estimate of drug-likeness (QED) is 0.0262. The SMILES string of the molecule is CC/C=C\C/C=C\C/C=C\C/C=C\C/C=C\CCCC(=O)OC(COC(=O)CCCCCCCC/C=C\C/C=C\C/C=C\C/C=C\CC)COC(=O)CCCCCCCCCCCCCCC. The molecule has 0 saturated heterocycles. The number of hydrogen-bond donors (Lipinski definition) is 0. The fourth-order valence-corrected chi connectivity index (χ4v) is 7.23. The summed E-state index contributed by atoms with van der Waals surface area (Å²) in [6.07, 6.45) is 73.6. The van der Waals surface area contributed by atoms with E-state index in [1.54, 1.807) is 0 Å². The third-order valence-corrected chi connectivity index (χ3v) is 11.3. The minimum absolute atomic E-state index is 0.105. The molecule has 1 unspecified atom stereocenters. The van der Waals surface area contributed by atoms with Crippen LogP contribution >= 0.6 is 0 Å². The molecular formula is C61H100O6. The van der Waals surface area contributed by atoms with Crippen molar-refractivity contribution in [1.82, 2.24) is 0 Å². The second-order valence-electron chi connectivity index (χ2n) is 17.7. The highest BCUT2D eigenvalue weighted by atomic mass is 16.6. The van der Waals surface area contributed by atoms with Crippen molar-refractivity contribution < 1.29 is 28.6 Å². The summed E-state index contributed by atoms with van der Waals surface area (Å²) in [5.74, 6) is -0.979. The topological polar surface area (TPSA) is 78.9 Å². The van der Waals surface area contributed by atoms with Gasteiger partial charge in [-0.15, -0.1) is 0 Å². The first-order valence-corrected chi connectivity index (χ1v) is 27.4. The molecule has 6 heteroatoms. The van der Waals surface area contributed by atoms with Gasteiger partial charge in [0.1, 0.15) is 13.2 Å². The molecule has 0 bridgehead atoms. The van der Waals surface area contributed by atoms with Crippen LogP contribution < -0.4 is 0 Å². The standard InChI is InChI=1S/C61H100O6/c1-4-7-10-13-16-19-22-25-27-29-30-32-33-36-39-42-45-48-51-54-60(63)66-57-58(56-65-59(62)53-50-47-44-41-38-35-24-21-18-15-12-9-6-3)67-61(64)55-52-49-46-43-40-37-34-31-28-26-23-20-17-14-11-8-5-2/h7-8,10-11,16-17,19-20,25-28,30,32,34,37,43,46,58H,4-6,9,12-15,18,21-24,29,31,33,35-36,38-42,44-45,47-57H2,1-3H3/b10-7-,11-8-,19-16-,20-17-,27-25-,28-26-,32-30-,37-34-,46-43-. The molecule has 0 heterocycles. The van der Waals surface area contributed by atoms with E-state index < -0.39 is 6.10 Å². The van der Waals surface area contributed by atoms with Crippen LogP contribution in [0, 0.1) is 0 Å². The molecule has 6 nitrogen and oxygen atoms in total. The van der Waals surface area contributed by atoms with E-state index in [2.05, 4.69) is 130 Å². The van der Waals surface area contributed by atoms with Crippen molar-refractivity contribution in [3.63, 3.8) is 0 Å². The Labute approximate surface area is 412 Å². The minimum Gasteiger partial charge on any atom is -0.462 e. The summed E-state index contributed by atoms with van der Waals surface area (Å²) >= 11 is 0. The van der Waals surface area contributed by atoms with Gasteiger partial charge in [0, 0.05) is 19.3 Å². The summed E-state index contributed by atoms with van der Waals surface area (Å²) in [6.45, 7) is 6.35. The van der Waals surface area contributed by atoms with E-state index in [9.17, 15) is 14.4 Å². The molecule has 0 saturated carbocycles. The van der Waals surface area contributed by atoms with Crippen molar-refractivity contribution in [3.05, 3.63) is 109 Å². The van der Waals surface area contributed by atoms with Crippen LogP contribution in [0.25, 0.3) is 0 Å². The highest BCUT2D eigenvalue weighted by molar-refractivity contribution is 5.71. The number of ether oxygens (including phenoxy) is 3. The number of allylic oxidation sites excluding steroid dienone is 18. The predicted octanol–water partition coefficient (Wildman–Crippen LogP) is 18.3. The van der Waals surface area contributed by atoms with Gasteiger partial charge in [-0.2, -0.15) is 0 Å². The van der Waals surface area contributed by atoms with Crippen LogP contribution in [-0.2, 0) is 28.6 Å². The molecular weight excluding hydrogens is 829 g/mol. The summed E-state index contributed by atoms with van der Waals surface area (Å²) in [6, 6.07) is 0. The maximum atomic E-state index is 12.8.